The fourth-order valence-corrected chi connectivity index (χ4v) is 7.70. The summed E-state index contributed by atoms with van der Waals surface area (Å²) < 4.78 is 29.0. The SMILES string of the molecule is C[C@H]1CCCN(S(=O)(=O)C2C[C@H](CO)Cc3ccc(NC(=O)c4c(Cl)cccc4Cl)cc32)C1. The van der Waals surface area contributed by atoms with E-state index in [1.54, 1.807) is 34.6 Å². The van der Waals surface area contributed by atoms with E-state index in [-0.39, 0.29) is 28.1 Å². The minimum atomic E-state index is -3.62. The van der Waals surface area contributed by atoms with Gasteiger partial charge in [-0.3, -0.25) is 4.79 Å². The lowest BCUT2D eigenvalue weighted by atomic mass is 9.83. The number of hydrogen-bond donors (Lipinski definition) is 2. The van der Waals surface area contributed by atoms with Gasteiger partial charge in [-0.25, -0.2) is 12.7 Å². The maximum atomic E-state index is 13.7. The fourth-order valence-electron chi connectivity index (χ4n) is 4.87. The Bertz CT molecular complexity index is 1130. The molecule has 6 nitrogen and oxygen atoms in total. The summed E-state index contributed by atoms with van der Waals surface area (Å²) >= 11 is 12.3. The summed E-state index contributed by atoms with van der Waals surface area (Å²) in [6.07, 6.45) is 2.81. The largest absolute Gasteiger partial charge is 0.396 e. The number of hydrogen-bond acceptors (Lipinski definition) is 4. The molecule has 0 saturated carbocycles. The molecule has 1 amide bonds. The fraction of sp³-hybridized carbons (Fsp3) is 0.458. The topological polar surface area (TPSA) is 86.7 Å². The first-order chi connectivity index (χ1) is 15.7. The summed E-state index contributed by atoms with van der Waals surface area (Å²) in [5.41, 5.74) is 2.21. The molecule has 1 aliphatic carbocycles. The van der Waals surface area contributed by atoms with Crippen LogP contribution in [0.4, 0.5) is 5.69 Å². The Morgan fingerprint density at radius 2 is 1.94 bits per heavy atom. The molecule has 9 heteroatoms. The van der Waals surface area contributed by atoms with Crippen LogP contribution < -0.4 is 5.32 Å². The molecular formula is C24H28Cl2N2O4S. The van der Waals surface area contributed by atoms with Gasteiger partial charge >= 0.3 is 0 Å². The van der Waals surface area contributed by atoms with Crippen molar-refractivity contribution in [1.82, 2.24) is 4.31 Å². The van der Waals surface area contributed by atoms with Crippen LogP contribution in [0.25, 0.3) is 0 Å². The second-order valence-corrected chi connectivity index (χ2v) is 12.0. The van der Waals surface area contributed by atoms with Crippen LogP contribution in [0.5, 0.6) is 0 Å². The molecule has 0 aromatic heterocycles. The number of fused-ring (bicyclic) bond motifs is 1. The molecule has 33 heavy (non-hydrogen) atoms. The lowest BCUT2D eigenvalue weighted by Crippen LogP contribution is -2.43. The Kier molecular flexibility index (Phi) is 7.36. The Hall–Kier alpha value is -1.64. The monoisotopic (exact) mass is 510 g/mol. The predicted molar refractivity (Wildman–Crippen MR) is 131 cm³/mol. The average molecular weight is 511 g/mol. The lowest BCUT2D eigenvalue weighted by molar-refractivity contribution is 0.102. The van der Waals surface area contributed by atoms with E-state index in [4.69, 9.17) is 23.2 Å². The highest BCUT2D eigenvalue weighted by Crippen LogP contribution is 2.42. The highest BCUT2D eigenvalue weighted by atomic mass is 35.5. The summed E-state index contributed by atoms with van der Waals surface area (Å²) in [6.45, 7) is 3.04. The molecule has 178 valence electrons. The maximum absolute atomic E-state index is 13.7. The van der Waals surface area contributed by atoms with E-state index in [0.717, 1.165) is 18.4 Å². The van der Waals surface area contributed by atoms with Gasteiger partial charge in [0.1, 0.15) is 5.25 Å². The van der Waals surface area contributed by atoms with Crippen molar-refractivity contribution >= 4 is 44.8 Å². The smallest absolute Gasteiger partial charge is 0.258 e. The van der Waals surface area contributed by atoms with Crippen LogP contribution in [0.1, 0.15) is 52.9 Å². The van der Waals surface area contributed by atoms with Gasteiger partial charge in [-0.05, 0) is 72.9 Å². The van der Waals surface area contributed by atoms with Gasteiger partial charge in [0, 0.05) is 25.4 Å². The quantitative estimate of drug-likeness (QED) is 0.598. The lowest BCUT2D eigenvalue weighted by Gasteiger charge is -2.37. The third-order valence-corrected chi connectivity index (χ3v) is 9.44. The van der Waals surface area contributed by atoms with Crippen LogP contribution in [0, 0.1) is 11.8 Å². The van der Waals surface area contributed by atoms with Crippen molar-refractivity contribution in [3.05, 3.63) is 63.1 Å². The Balaban J connectivity index is 1.67. The van der Waals surface area contributed by atoms with E-state index < -0.39 is 21.2 Å². The minimum absolute atomic E-state index is 0.0641. The van der Waals surface area contributed by atoms with E-state index in [1.807, 2.05) is 6.07 Å². The van der Waals surface area contributed by atoms with Gasteiger partial charge in [0.2, 0.25) is 10.0 Å². The van der Waals surface area contributed by atoms with Crippen molar-refractivity contribution < 1.29 is 18.3 Å². The molecular weight excluding hydrogens is 483 g/mol. The summed E-state index contributed by atoms with van der Waals surface area (Å²) in [7, 11) is -3.62. The van der Waals surface area contributed by atoms with Crippen molar-refractivity contribution in [2.24, 2.45) is 11.8 Å². The molecule has 2 N–H and O–H groups in total. The highest BCUT2D eigenvalue weighted by Gasteiger charge is 2.40. The van der Waals surface area contributed by atoms with E-state index in [0.29, 0.717) is 43.1 Å². The average Bonchev–Trinajstić information content (AvgIpc) is 2.78. The van der Waals surface area contributed by atoms with Crippen molar-refractivity contribution in [2.75, 3.05) is 25.0 Å². The van der Waals surface area contributed by atoms with Crippen LogP contribution in [0.3, 0.4) is 0 Å². The Morgan fingerprint density at radius 3 is 2.61 bits per heavy atom. The number of carbonyl (C=O) groups excluding carboxylic acids is 1. The van der Waals surface area contributed by atoms with E-state index >= 15 is 0 Å². The molecule has 0 radical (unpaired) electrons. The third kappa shape index (κ3) is 5.08. The standard InChI is InChI=1S/C24H28Cl2N2O4S/c1-15-4-3-9-28(13-15)33(31,32)22-11-16(14-29)10-17-7-8-18(12-19(17)22)27-24(30)23-20(25)5-2-6-21(23)26/h2,5-8,12,15-16,22,29H,3-4,9-11,13-14H2,1H3,(H,27,30)/t15-,16+,22?/m0/s1. The molecule has 1 unspecified atom stereocenters. The number of aliphatic hydroxyl groups is 1. The molecule has 0 spiro atoms. The summed E-state index contributed by atoms with van der Waals surface area (Å²) in [4.78, 5) is 12.8. The molecule has 1 heterocycles. The van der Waals surface area contributed by atoms with Gasteiger partial charge in [0.15, 0.2) is 0 Å². The molecule has 2 aliphatic rings. The number of nitrogens with one attached hydrogen (secondary N) is 1. The van der Waals surface area contributed by atoms with E-state index in [2.05, 4.69) is 12.2 Å². The summed E-state index contributed by atoms with van der Waals surface area (Å²) in [6, 6.07) is 10.2. The molecule has 4 rings (SSSR count). The number of nitrogens with zero attached hydrogens (tertiary/aromatic N) is 1. The minimum Gasteiger partial charge on any atom is -0.396 e. The summed E-state index contributed by atoms with van der Waals surface area (Å²) in [5.74, 6) is -0.267. The number of halogens is 2. The first-order valence-electron chi connectivity index (χ1n) is 11.2. The van der Waals surface area contributed by atoms with Crippen LogP contribution in [0.15, 0.2) is 36.4 Å². The summed E-state index contributed by atoms with van der Waals surface area (Å²) in [5, 5.41) is 12.3. The second kappa shape index (κ2) is 9.92. The molecule has 2 aromatic rings. The zero-order valence-corrected chi connectivity index (χ0v) is 20.8. The van der Waals surface area contributed by atoms with Gasteiger partial charge in [-0.2, -0.15) is 0 Å². The number of rotatable bonds is 5. The maximum Gasteiger partial charge on any atom is 0.258 e. The number of sulfonamides is 1. The zero-order valence-electron chi connectivity index (χ0n) is 18.4. The van der Waals surface area contributed by atoms with Gasteiger partial charge < -0.3 is 10.4 Å². The van der Waals surface area contributed by atoms with Crippen LogP contribution >= 0.6 is 23.2 Å². The highest BCUT2D eigenvalue weighted by molar-refractivity contribution is 7.89. The molecule has 1 aliphatic heterocycles. The van der Waals surface area contributed by atoms with Crippen LogP contribution in [-0.4, -0.2) is 43.4 Å². The zero-order chi connectivity index (χ0) is 23.8. The van der Waals surface area contributed by atoms with Gasteiger partial charge in [0.25, 0.3) is 5.91 Å². The molecule has 3 atom stereocenters. The molecule has 0 bridgehead atoms. The van der Waals surface area contributed by atoms with E-state index in [1.165, 1.54) is 0 Å². The number of amides is 1. The van der Waals surface area contributed by atoms with Crippen molar-refractivity contribution in [3.63, 3.8) is 0 Å². The van der Waals surface area contributed by atoms with Gasteiger partial charge in [0.05, 0.1) is 15.6 Å². The number of carbonyl (C=O) groups is 1. The van der Waals surface area contributed by atoms with Gasteiger partial charge in [-0.1, -0.05) is 42.3 Å². The number of piperidine rings is 1. The third-order valence-electron chi connectivity index (χ3n) is 6.59. The normalized spacial score (nSPS) is 23.7. The van der Waals surface area contributed by atoms with Crippen molar-refractivity contribution in [2.45, 2.75) is 37.9 Å². The number of benzene rings is 2. The van der Waals surface area contributed by atoms with Crippen molar-refractivity contribution in [1.29, 1.82) is 0 Å². The van der Waals surface area contributed by atoms with Crippen LogP contribution in [-0.2, 0) is 16.4 Å². The molecule has 2 aromatic carbocycles. The number of aliphatic hydroxyl groups excluding tert-OH is 1. The second-order valence-electron chi connectivity index (χ2n) is 9.09. The van der Waals surface area contributed by atoms with Crippen molar-refractivity contribution in [3.8, 4) is 0 Å². The van der Waals surface area contributed by atoms with Crippen LogP contribution in [0.2, 0.25) is 10.0 Å². The molecule has 1 saturated heterocycles. The Morgan fingerprint density at radius 1 is 1.21 bits per heavy atom. The van der Waals surface area contributed by atoms with E-state index in [9.17, 15) is 18.3 Å². The molecule has 1 fully saturated rings. The Labute approximate surface area is 204 Å². The first-order valence-corrected chi connectivity index (χ1v) is 13.4. The predicted octanol–water partition coefficient (Wildman–Crippen LogP) is 4.90. The number of anilines is 1. The van der Waals surface area contributed by atoms with Gasteiger partial charge in [-0.15, -0.1) is 0 Å². The first kappa shape index (κ1) is 24.5.